The number of amides is 1. The number of anilines is 1. The number of nitrogens with zero attached hydrogens (tertiary/aromatic N) is 1. The molecular weight excluding hydrogens is 250 g/mol. The monoisotopic (exact) mass is 267 g/mol. The zero-order chi connectivity index (χ0) is 13.3. The van der Waals surface area contributed by atoms with Crippen molar-refractivity contribution in [3.63, 3.8) is 0 Å². The second-order valence-electron chi connectivity index (χ2n) is 5.04. The standard InChI is InChI=1S/C14H18ClNO2/c1-9(2)10-3-5-12(6-4-10)16-7-11(8-17)13(15)14(16)18/h3-6,9,11,13,17H,7-8H2,1-2H3. The summed E-state index contributed by atoms with van der Waals surface area (Å²) in [5.41, 5.74) is 2.09. The van der Waals surface area contributed by atoms with Gasteiger partial charge in [-0.3, -0.25) is 4.79 Å². The number of hydrogen-bond donors (Lipinski definition) is 1. The van der Waals surface area contributed by atoms with E-state index >= 15 is 0 Å². The first-order chi connectivity index (χ1) is 8.54. The minimum atomic E-state index is -0.611. The third-order valence-corrected chi connectivity index (χ3v) is 3.98. The van der Waals surface area contributed by atoms with E-state index in [1.165, 1.54) is 5.56 Å². The molecule has 1 aromatic rings. The molecular formula is C14H18ClNO2. The van der Waals surface area contributed by atoms with Gasteiger partial charge in [-0.15, -0.1) is 11.6 Å². The van der Waals surface area contributed by atoms with Crippen LogP contribution in [0, 0.1) is 5.92 Å². The summed E-state index contributed by atoms with van der Waals surface area (Å²) in [6.07, 6.45) is 0. The lowest BCUT2D eigenvalue weighted by molar-refractivity contribution is -0.117. The maximum atomic E-state index is 12.0. The van der Waals surface area contributed by atoms with Crippen molar-refractivity contribution >= 4 is 23.2 Å². The number of aliphatic hydroxyl groups excluding tert-OH is 1. The number of hydrogen-bond acceptors (Lipinski definition) is 2. The number of carbonyl (C=O) groups excluding carboxylic acids is 1. The molecule has 98 valence electrons. The van der Waals surface area contributed by atoms with E-state index in [4.69, 9.17) is 11.6 Å². The predicted octanol–water partition coefficient (Wildman–Crippen LogP) is 2.37. The molecule has 1 aromatic carbocycles. The summed E-state index contributed by atoms with van der Waals surface area (Å²) < 4.78 is 0. The molecule has 18 heavy (non-hydrogen) atoms. The fourth-order valence-electron chi connectivity index (χ4n) is 2.19. The SMILES string of the molecule is CC(C)c1ccc(N2CC(CO)C(Cl)C2=O)cc1. The molecule has 1 aliphatic heterocycles. The van der Waals surface area contributed by atoms with E-state index in [1.54, 1.807) is 4.90 Å². The van der Waals surface area contributed by atoms with Crippen molar-refractivity contribution < 1.29 is 9.90 Å². The molecule has 4 heteroatoms. The highest BCUT2D eigenvalue weighted by Gasteiger charge is 2.39. The van der Waals surface area contributed by atoms with E-state index in [0.29, 0.717) is 12.5 Å². The topological polar surface area (TPSA) is 40.5 Å². The summed E-state index contributed by atoms with van der Waals surface area (Å²) in [5.74, 6) is 0.177. The molecule has 0 spiro atoms. The Morgan fingerprint density at radius 1 is 1.39 bits per heavy atom. The van der Waals surface area contributed by atoms with Gasteiger partial charge in [0.15, 0.2) is 0 Å². The van der Waals surface area contributed by atoms with Gasteiger partial charge >= 0.3 is 0 Å². The Morgan fingerprint density at radius 3 is 2.44 bits per heavy atom. The maximum Gasteiger partial charge on any atom is 0.245 e. The highest BCUT2D eigenvalue weighted by Crippen LogP contribution is 2.29. The summed E-state index contributed by atoms with van der Waals surface area (Å²) in [5, 5.41) is 8.56. The molecule has 1 fully saturated rings. The van der Waals surface area contributed by atoms with Crippen molar-refractivity contribution in [2.45, 2.75) is 25.1 Å². The molecule has 2 rings (SSSR count). The van der Waals surface area contributed by atoms with E-state index < -0.39 is 5.38 Å². The highest BCUT2D eigenvalue weighted by molar-refractivity contribution is 6.34. The summed E-state index contributed by atoms with van der Waals surface area (Å²) in [7, 11) is 0. The molecule has 0 aromatic heterocycles. The van der Waals surface area contributed by atoms with Gasteiger partial charge < -0.3 is 10.0 Å². The molecule has 1 heterocycles. The fourth-order valence-corrected chi connectivity index (χ4v) is 2.47. The van der Waals surface area contributed by atoms with Crippen LogP contribution in [-0.4, -0.2) is 29.5 Å². The third-order valence-electron chi connectivity index (χ3n) is 3.44. The van der Waals surface area contributed by atoms with Gasteiger partial charge in [-0.2, -0.15) is 0 Å². The Kier molecular flexibility index (Phi) is 3.93. The van der Waals surface area contributed by atoms with Crippen LogP contribution in [0.25, 0.3) is 0 Å². The zero-order valence-electron chi connectivity index (χ0n) is 10.6. The second kappa shape index (κ2) is 5.29. The summed E-state index contributed by atoms with van der Waals surface area (Å²) in [4.78, 5) is 13.6. The lowest BCUT2D eigenvalue weighted by Crippen LogP contribution is -2.27. The first-order valence-corrected chi connectivity index (χ1v) is 6.64. The van der Waals surface area contributed by atoms with Gasteiger partial charge in [-0.1, -0.05) is 26.0 Å². The smallest absolute Gasteiger partial charge is 0.245 e. The van der Waals surface area contributed by atoms with Gasteiger partial charge in [-0.25, -0.2) is 0 Å². The molecule has 1 amide bonds. The van der Waals surface area contributed by atoms with Gasteiger partial charge in [0.2, 0.25) is 5.91 Å². The molecule has 0 aliphatic carbocycles. The van der Waals surface area contributed by atoms with Gasteiger partial charge in [0.05, 0.1) is 0 Å². The van der Waals surface area contributed by atoms with Crippen molar-refractivity contribution in [3.05, 3.63) is 29.8 Å². The third kappa shape index (κ3) is 2.38. The van der Waals surface area contributed by atoms with Gasteiger partial charge in [0.1, 0.15) is 5.38 Å². The first kappa shape index (κ1) is 13.4. The molecule has 0 radical (unpaired) electrons. The number of aliphatic hydroxyl groups is 1. The molecule has 0 saturated carbocycles. The maximum absolute atomic E-state index is 12.0. The lowest BCUT2D eigenvalue weighted by atomic mass is 10.0. The fraction of sp³-hybridized carbons (Fsp3) is 0.500. The van der Waals surface area contributed by atoms with Crippen molar-refractivity contribution in [2.24, 2.45) is 5.92 Å². The number of rotatable bonds is 3. The van der Waals surface area contributed by atoms with Crippen LogP contribution in [0.5, 0.6) is 0 Å². The van der Waals surface area contributed by atoms with Crippen LogP contribution in [-0.2, 0) is 4.79 Å². The van der Waals surface area contributed by atoms with E-state index in [0.717, 1.165) is 5.69 Å². The largest absolute Gasteiger partial charge is 0.396 e. The van der Waals surface area contributed by atoms with Crippen molar-refractivity contribution in [1.82, 2.24) is 0 Å². The van der Waals surface area contributed by atoms with E-state index in [1.807, 2.05) is 24.3 Å². The second-order valence-corrected chi connectivity index (χ2v) is 5.51. The van der Waals surface area contributed by atoms with Crippen LogP contribution in [0.2, 0.25) is 0 Å². The molecule has 1 N–H and O–H groups in total. The number of alkyl halides is 1. The minimum Gasteiger partial charge on any atom is -0.396 e. The van der Waals surface area contributed by atoms with Crippen LogP contribution in [0.4, 0.5) is 5.69 Å². The number of carbonyl (C=O) groups is 1. The van der Waals surface area contributed by atoms with E-state index in [9.17, 15) is 9.90 Å². The van der Waals surface area contributed by atoms with Crippen molar-refractivity contribution in [2.75, 3.05) is 18.1 Å². The van der Waals surface area contributed by atoms with Gasteiger partial charge in [0.25, 0.3) is 0 Å². The molecule has 2 unspecified atom stereocenters. The Morgan fingerprint density at radius 2 is 2.00 bits per heavy atom. The van der Waals surface area contributed by atoms with Crippen molar-refractivity contribution in [3.8, 4) is 0 Å². The normalized spacial score (nSPS) is 24.1. The molecule has 0 bridgehead atoms. The highest BCUT2D eigenvalue weighted by atomic mass is 35.5. The van der Waals surface area contributed by atoms with E-state index in [-0.39, 0.29) is 18.4 Å². The van der Waals surface area contributed by atoms with Gasteiger partial charge in [0, 0.05) is 24.8 Å². The molecule has 3 nitrogen and oxygen atoms in total. The quantitative estimate of drug-likeness (QED) is 0.855. The summed E-state index contributed by atoms with van der Waals surface area (Å²) >= 11 is 6.00. The Bertz CT molecular complexity index is 430. The first-order valence-electron chi connectivity index (χ1n) is 6.21. The Balaban J connectivity index is 2.20. The molecule has 2 atom stereocenters. The summed E-state index contributed by atoms with van der Waals surface area (Å²) in [6.45, 7) is 4.70. The molecule has 1 aliphatic rings. The number of halogens is 1. The molecule has 1 saturated heterocycles. The predicted molar refractivity (Wildman–Crippen MR) is 73.1 cm³/mol. The van der Waals surface area contributed by atoms with Crippen LogP contribution in [0.15, 0.2) is 24.3 Å². The summed E-state index contributed by atoms with van der Waals surface area (Å²) in [6, 6.07) is 7.94. The van der Waals surface area contributed by atoms with Crippen LogP contribution in [0.3, 0.4) is 0 Å². The van der Waals surface area contributed by atoms with Crippen LogP contribution >= 0.6 is 11.6 Å². The average Bonchev–Trinajstić information content (AvgIpc) is 2.66. The van der Waals surface area contributed by atoms with Gasteiger partial charge in [-0.05, 0) is 23.6 Å². The Hall–Kier alpha value is -1.06. The van der Waals surface area contributed by atoms with E-state index in [2.05, 4.69) is 13.8 Å². The van der Waals surface area contributed by atoms with Crippen molar-refractivity contribution in [1.29, 1.82) is 0 Å². The lowest BCUT2D eigenvalue weighted by Gasteiger charge is -2.17. The van der Waals surface area contributed by atoms with Crippen LogP contribution < -0.4 is 4.90 Å². The van der Waals surface area contributed by atoms with Crippen LogP contribution in [0.1, 0.15) is 25.3 Å². The minimum absolute atomic E-state index is 0.0551. The zero-order valence-corrected chi connectivity index (χ0v) is 11.4. The number of benzene rings is 1. The average molecular weight is 268 g/mol. The Labute approximate surface area is 112 Å².